The average Bonchev–Trinajstić information content (AvgIpc) is 2.45. The van der Waals surface area contributed by atoms with E-state index in [1.165, 1.54) is 0 Å². The number of alkyl halides is 3. The molecule has 1 heterocycles. The molecule has 0 aromatic heterocycles. The van der Waals surface area contributed by atoms with Gasteiger partial charge in [-0.3, -0.25) is 4.79 Å². The van der Waals surface area contributed by atoms with Crippen LogP contribution in [0.3, 0.4) is 0 Å². The van der Waals surface area contributed by atoms with Gasteiger partial charge in [-0.05, 0) is 33.6 Å². The van der Waals surface area contributed by atoms with Gasteiger partial charge < -0.3 is 4.74 Å². The van der Waals surface area contributed by atoms with Crippen LogP contribution in [0, 0.1) is 0 Å². The van der Waals surface area contributed by atoms with Crippen LogP contribution in [0.1, 0.15) is 33.6 Å². The Hall–Kier alpha value is -0.780. The van der Waals surface area contributed by atoms with Crippen LogP contribution in [0.4, 0.5) is 13.2 Å². The molecule has 16 heavy (non-hydrogen) atoms. The number of carbonyl (C=O) groups is 1. The maximum Gasteiger partial charge on any atom is 0.460 e. The maximum atomic E-state index is 12.5. The lowest BCUT2D eigenvalue weighted by molar-refractivity contribution is -0.253. The number of likely N-dealkylation sites (tertiary alicyclic amines) is 1. The molecule has 0 spiro atoms. The molecular formula is C10H16F3NO2. The van der Waals surface area contributed by atoms with Gasteiger partial charge in [0.15, 0.2) is 0 Å². The van der Waals surface area contributed by atoms with Crippen molar-refractivity contribution >= 4 is 5.97 Å². The molecule has 0 aromatic carbocycles. The van der Waals surface area contributed by atoms with Crippen molar-refractivity contribution in [3.8, 4) is 0 Å². The summed E-state index contributed by atoms with van der Waals surface area (Å²) in [5.41, 5.74) is -0.753. The highest BCUT2D eigenvalue weighted by Gasteiger charge is 2.48. The Morgan fingerprint density at radius 2 is 1.88 bits per heavy atom. The first-order chi connectivity index (χ1) is 7.11. The predicted octanol–water partition coefficient (Wildman–Crippen LogP) is 2.31. The molecule has 0 amide bonds. The first-order valence-electron chi connectivity index (χ1n) is 5.17. The van der Waals surface area contributed by atoms with Gasteiger partial charge >= 0.3 is 12.3 Å². The van der Waals surface area contributed by atoms with E-state index in [2.05, 4.69) is 0 Å². The summed E-state index contributed by atoms with van der Waals surface area (Å²) in [4.78, 5) is 11.8. The highest BCUT2D eigenvalue weighted by molar-refractivity contribution is 5.76. The van der Waals surface area contributed by atoms with Crippen LogP contribution >= 0.6 is 0 Å². The van der Waals surface area contributed by atoms with Gasteiger partial charge in [0.05, 0.1) is 0 Å². The summed E-state index contributed by atoms with van der Waals surface area (Å²) in [5.74, 6) is -0.790. The van der Waals surface area contributed by atoms with Crippen LogP contribution in [0.15, 0.2) is 0 Å². The van der Waals surface area contributed by atoms with Gasteiger partial charge in [-0.15, -0.1) is 0 Å². The summed E-state index contributed by atoms with van der Waals surface area (Å²) in [6.07, 6.45) is -3.89. The van der Waals surface area contributed by atoms with Crippen molar-refractivity contribution in [2.75, 3.05) is 6.54 Å². The largest absolute Gasteiger partial charge is 0.460 e. The maximum absolute atomic E-state index is 12.5. The topological polar surface area (TPSA) is 29.5 Å². The Labute approximate surface area is 92.5 Å². The van der Waals surface area contributed by atoms with Crippen molar-refractivity contribution in [2.24, 2.45) is 0 Å². The molecule has 0 saturated carbocycles. The zero-order chi connectivity index (χ0) is 12.6. The molecule has 0 aromatic rings. The lowest BCUT2D eigenvalue weighted by Gasteiger charge is -2.28. The van der Waals surface area contributed by atoms with E-state index < -0.39 is 23.9 Å². The van der Waals surface area contributed by atoms with Gasteiger partial charge in [0, 0.05) is 6.54 Å². The molecular weight excluding hydrogens is 223 g/mol. The van der Waals surface area contributed by atoms with Crippen molar-refractivity contribution in [3.63, 3.8) is 0 Å². The molecule has 3 nitrogen and oxygen atoms in total. The summed E-state index contributed by atoms with van der Waals surface area (Å²) < 4.78 is 42.5. The zero-order valence-electron chi connectivity index (χ0n) is 9.60. The summed E-state index contributed by atoms with van der Waals surface area (Å²) in [6, 6.07) is -1.18. The van der Waals surface area contributed by atoms with Gasteiger partial charge in [-0.1, -0.05) is 0 Å². The standard InChI is InChI=1S/C10H16F3NO2/c1-9(2,3)16-8(15)7-5-4-6-14(7)10(11,12)13/h7H,4-6H2,1-3H3. The van der Waals surface area contributed by atoms with Crippen LogP contribution in [-0.4, -0.2) is 35.4 Å². The van der Waals surface area contributed by atoms with E-state index in [-0.39, 0.29) is 17.9 Å². The Bertz CT molecular complexity index is 270. The molecule has 1 atom stereocenters. The molecule has 1 saturated heterocycles. The third-order valence-electron chi connectivity index (χ3n) is 2.26. The molecule has 94 valence electrons. The average molecular weight is 239 g/mol. The van der Waals surface area contributed by atoms with Gasteiger partial charge in [-0.2, -0.15) is 13.2 Å². The Kier molecular flexibility index (Phi) is 3.52. The first-order valence-corrected chi connectivity index (χ1v) is 5.17. The molecule has 1 fully saturated rings. The van der Waals surface area contributed by atoms with Gasteiger partial charge in [-0.25, -0.2) is 4.90 Å². The van der Waals surface area contributed by atoms with Gasteiger partial charge in [0.25, 0.3) is 0 Å². The van der Waals surface area contributed by atoms with E-state index in [1.807, 2.05) is 0 Å². The van der Waals surface area contributed by atoms with Crippen LogP contribution in [0.25, 0.3) is 0 Å². The SMILES string of the molecule is CC(C)(C)OC(=O)C1CCCN1C(F)(F)F. The van der Waals surface area contributed by atoms with Crippen molar-refractivity contribution in [2.45, 2.75) is 51.6 Å². The van der Waals surface area contributed by atoms with Gasteiger partial charge in [0.1, 0.15) is 11.6 Å². The lowest BCUT2D eigenvalue weighted by Crippen LogP contribution is -2.47. The monoisotopic (exact) mass is 239 g/mol. The number of hydrogen-bond acceptors (Lipinski definition) is 3. The fourth-order valence-corrected chi connectivity index (χ4v) is 1.69. The number of rotatable bonds is 1. The third kappa shape index (κ3) is 3.37. The summed E-state index contributed by atoms with van der Waals surface area (Å²) in [7, 11) is 0. The molecule has 1 aliphatic rings. The normalized spacial score (nSPS) is 23.5. The lowest BCUT2D eigenvalue weighted by atomic mass is 10.1. The highest BCUT2D eigenvalue weighted by atomic mass is 19.4. The van der Waals surface area contributed by atoms with Crippen molar-refractivity contribution in [1.29, 1.82) is 0 Å². The van der Waals surface area contributed by atoms with Crippen LogP contribution in [0.2, 0.25) is 0 Å². The fraction of sp³-hybridized carbons (Fsp3) is 0.900. The minimum absolute atomic E-state index is 0.132. The molecule has 0 bridgehead atoms. The molecule has 0 N–H and O–H groups in total. The Morgan fingerprint density at radius 3 is 2.31 bits per heavy atom. The van der Waals surface area contributed by atoms with Crippen LogP contribution < -0.4 is 0 Å². The number of ether oxygens (including phenoxy) is 1. The van der Waals surface area contributed by atoms with E-state index in [9.17, 15) is 18.0 Å². The van der Waals surface area contributed by atoms with E-state index in [4.69, 9.17) is 4.74 Å². The number of halogens is 3. The Balaban J connectivity index is 2.69. The quantitative estimate of drug-likeness (QED) is 0.519. The molecule has 0 aliphatic carbocycles. The molecule has 1 unspecified atom stereocenters. The van der Waals surface area contributed by atoms with Crippen molar-refractivity contribution in [3.05, 3.63) is 0 Å². The molecule has 1 aliphatic heterocycles. The minimum Gasteiger partial charge on any atom is -0.459 e. The Morgan fingerprint density at radius 1 is 1.31 bits per heavy atom. The van der Waals surface area contributed by atoms with Crippen LogP contribution in [0.5, 0.6) is 0 Å². The van der Waals surface area contributed by atoms with E-state index >= 15 is 0 Å². The number of nitrogens with zero attached hydrogens (tertiary/aromatic N) is 1. The van der Waals surface area contributed by atoms with E-state index in [0.29, 0.717) is 6.42 Å². The second kappa shape index (κ2) is 4.24. The predicted molar refractivity (Wildman–Crippen MR) is 51.6 cm³/mol. The fourth-order valence-electron chi connectivity index (χ4n) is 1.69. The summed E-state index contributed by atoms with van der Waals surface area (Å²) >= 11 is 0. The third-order valence-corrected chi connectivity index (χ3v) is 2.26. The first kappa shape index (κ1) is 13.3. The number of esters is 1. The molecule has 1 rings (SSSR count). The van der Waals surface area contributed by atoms with Gasteiger partial charge in [0.2, 0.25) is 0 Å². The highest BCUT2D eigenvalue weighted by Crippen LogP contribution is 2.31. The van der Waals surface area contributed by atoms with Crippen molar-refractivity contribution in [1.82, 2.24) is 4.90 Å². The number of hydrogen-bond donors (Lipinski definition) is 0. The van der Waals surface area contributed by atoms with E-state index in [0.717, 1.165) is 0 Å². The zero-order valence-corrected chi connectivity index (χ0v) is 9.60. The van der Waals surface area contributed by atoms with Crippen molar-refractivity contribution < 1.29 is 22.7 Å². The number of carbonyl (C=O) groups excluding carboxylic acids is 1. The minimum atomic E-state index is -4.46. The summed E-state index contributed by atoms with van der Waals surface area (Å²) in [6.45, 7) is 4.78. The van der Waals surface area contributed by atoms with Crippen LogP contribution in [-0.2, 0) is 9.53 Å². The smallest absolute Gasteiger partial charge is 0.459 e. The van der Waals surface area contributed by atoms with E-state index in [1.54, 1.807) is 20.8 Å². The summed E-state index contributed by atoms with van der Waals surface area (Å²) in [5, 5.41) is 0. The second-order valence-electron chi connectivity index (χ2n) is 4.85. The molecule has 0 radical (unpaired) electrons. The second-order valence-corrected chi connectivity index (χ2v) is 4.85. The molecule has 6 heteroatoms.